The van der Waals surface area contributed by atoms with Crippen LogP contribution in [0.2, 0.25) is 0 Å². The van der Waals surface area contributed by atoms with Crippen molar-refractivity contribution in [2.24, 2.45) is 0 Å². The molecule has 1 heterocycles. The highest BCUT2D eigenvalue weighted by atomic mass is 32.1. The highest BCUT2D eigenvalue weighted by Crippen LogP contribution is 1.75. The van der Waals surface area contributed by atoms with Crippen LogP contribution < -0.4 is 5.69 Å². The molecule has 0 atom stereocenters. The van der Waals surface area contributed by atoms with Crippen LogP contribution in [0, 0.1) is 0 Å². The van der Waals surface area contributed by atoms with E-state index in [1.807, 2.05) is 0 Å². The van der Waals surface area contributed by atoms with Crippen LogP contribution in [0.25, 0.3) is 0 Å². The number of aromatic amines is 1. The molecule has 0 aliphatic carbocycles. The molecule has 0 unspecified atom stereocenters. The van der Waals surface area contributed by atoms with E-state index in [2.05, 4.69) is 17.8 Å². The first-order valence-corrected chi connectivity index (χ1v) is 2.16. The van der Waals surface area contributed by atoms with Crippen LogP contribution in [0.15, 0.2) is 17.2 Å². The quantitative estimate of drug-likeness (QED) is 0.455. The van der Waals surface area contributed by atoms with Gasteiger partial charge in [0.1, 0.15) is 0 Å². The second-order valence-corrected chi connectivity index (χ2v) is 1.54. The minimum absolute atomic E-state index is 0.205. The highest BCUT2D eigenvalue weighted by Gasteiger charge is 1.82. The maximum atomic E-state index is 10.2. The van der Waals surface area contributed by atoms with Crippen LogP contribution in [0.3, 0.4) is 0 Å². The number of hydrogen-bond acceptors (Lipinski definition) is 2. The molecule has 0 aromatic carbocycles. The van der Waals surface area contributed by atoms with E-state index in [0.717, 1.165) is 0 Å². The van der Waals surface area contributed by atoms with Crippen molar-refractivity contribution in [3.05, 3.63) is 22.9 Å². The van der Waals surface area contributed by atoms with Gasteiger partial charge in [-0.05, 0) is 0 Å². The third-order valence-corrected chi connectivity index (χ3v) is 0.946. The molecule has 1 aromatic rings. The van der Waals surface area contributed by atoms with E-state index in [0.29, 0.717) is 0 Å². The lowest BCUT2D eigenvalue weighted by molar-refractivity contribution is 1.13. The summed E-state index contributed by atoms with van der Waals surface area (Å²) in [4.78, 5) is 12.6. The van der Waals surface area contributed by atoms with E-state index in [9.17, 15) is 4.79 Å². The fourth-order valence-corrected chi connectivity index (χ4v) is 0.437. The zero-order valence-corrected chi connectivity index (χ0v) is 4.35. The van der Waals surface area contributed by atoms with Crippen molar-refractivity contribution in [1.82, 2.24) is 8.96 Å². The zero-order chi connectivity index (χ0) is 5.28. The molecule has 0 radical (unpaired) electrons. The molecule has 0 spiro atoms. The van der Waals surface area contributed by atoms with Crippen LogP contribution >= 0.6 is 12.8 Å². The number of aromatic nitrogens is 2. The van der Waals surface area contributed by atoms with Gasteiger partial charge in [0, 0.05) is 12.4 Å². The summed E-state index contributed by atoms with van der Waals surface area (Å²) in [6.45, 7) is 0. The van der Waals surface area contributed by atoms with Gasteiger partial charge in [0.2, 0.25) is 0 Å². The maximum Gasteiger partial charge on any atom is 0.335 e. The number of hydrogen-bond donors (Lipinski definition) is 2. The van der Waals surface area contributed by atoms with Crippen molar-refractivity contribution in [3.63, 3.8) is 0 Å². The summed E-state index contributed by atoms with van der Waals surface area (Å²) < 4.78 is 1.17. The third-order valence-electron chi connectivity index (χ3n) is 0.631. The van der Waals surface area contributed by atoms with Gasteiger partial charge in [-0.3, -0.25) is 0 Å². The van der Waals surface area contributed by atoms with Gasteiger partial charge in [0.05, 0.1) is 0 Å². The van der Waals surface area contributed by atoms with Crippen molar-refractivity contribution in [3.8, 4) is 0 Å². The van der Waals surface area contributed by atoms with Crippen LogP contribution in [0.5, 0.6) is 0 Å². The molecule has 3 nitrogen and oxygen atoms in total. The Morgan fingerprint density at radius 2 is 2.57 bits per heavy atom. The van der Waals surface area contributed by atoms with Gasteiger partial charge in [0.25, 0.3) is 0 Å². The minimum Gasteiger partial charge on any atom is -0.312 e. The van der Waals surface area contributed by atoms with Crippen LogP contribution in [-0.2, 0) is 0 Å². The van der Waals surface area contributed by atoms with Crippen molar-refractivity contribution >= 4 is 12.8 Å². The lowest BCUT2D eigenvalue weighted by Crippen LogP contribution is -2.06. The Kier molecular flexibility index (Phi) is 0.941. The smallest absolute Gasteiger partial charge is 0.312 e. The van der Waals surface area contributed by atoms with Crippen molar-refractivity contribution in [2.75, 3.05) is 0 Å². The van der Waals surface area contributed by atoms with Gasteiger partial charge >= 0.3 is 5.69 Å². The number of nitrogens with zero attached hydrogens (tertiary/aromatic N) is 1. The molecule has 1 rings (SSSR count). The van der Waals surface area contributed by atoms with E-state index >= 15 is 0 Å². The van der Waals surface area contributed by atoms with Gasteiger partial charge in [-0.25, -0.2) is 8.77 Å². The fraction of sp³-hybridized carbons (Fsp3) is 0. The number of H-pyrrole nitrogens is 1. The topological polar surface area (TPSA) is 37.8 Å². The molecule has 38 valence electrons. The molecule has 4 heteroatoms. The lowest BCUT2D eigenvalue weighted by atomic mass is 11.0. The fourth-order valence-electron chi connectivity index (χ4n) is 0.313. The molecule has 1 N–H and O–H groups in total. The molecule has 7 heavy (non-hydrogen) atoms. The summed E-state index contributed by atoms with van der Waals surface area (Å²) >= 11 is 3.72. The Hall–Kier alpha value is -0.640. The summed E-state index contributed by atoms with van der Waals surface area (Å²) in [7, 11) is 0. The van der Waals surface area contributed by atoms with Crippen molar-refractivity contribution in [1.29, 1.82) is 0 Å². The summed E-state index contributed by atoms with van der Waals surface area (Å²) in [6.07, 6.45) is 3.06. The van der Waals surface area contributed by atoms with Crippen LogP contribution in [-0.4, -0.2) is 8.96 Å². The SMILES string of the molecule is O=c1[nH]ccn1S. The van der Waals surface area contributed by atoms with Gasteiger partial charge in [-0.1, -0.05) is 12.8 Å². The molecular weight excluding hydrogens is 112 g/mol. The summed E-state index contributed by atoms with van der Waals surface area (Å²) in [5.41, 5.74) is -0.205. The standard InChI is InChI=1S/C3H4N2OS/c6-3-4-1-2-5(3)7/h1-2,7H,(H,4,6). The van der Waals surface area contributed by atoms with Crippen molar-refractivity contribution in [2.45, 2.75) is 0 Å². The Morgan fingerprint density at radius 1 is 1.86 bits per heavy atom. The van der Waals surface area contributed by atoms with Crippen molar-refractivity contribution < 1.29 is 0 Å². The Bertz CT molecular complexity index is 201. The molecule has 1 aromatic heterocycles. The van der Waals surface area contributed by atoms with Gasteiger partial charge in [-0.15, -0.1) is 0 Å². The zero-order valence-electron chi connectivity index (χ0n) is 3.46. The third kappa shape index (κ3) is 0.691. The molecule has 0 aliphatic rings. The average Bonchev–Trinajstić information content (AvgIpc) is 1.91. The summed E-state index contributed by atoms with van der Waals surface area (Å²) in [5, 5.41) is 0. The highest BCUT2D eigenvalue weighted by molar-refractivity contribution is 7.78. The minimum atomic E-state index is -0.205. The first-order chi connectivity index (χ1) is 3.30. The van der Waals surface area contributed by atoms with Crippen LogP contribution in [0.4, 0.5) is 0 Å². The molecule has 0 saturated carbocycles. The average molecular weight is 116 g/mol. The summed E-state index contributed by atoms with van der Waals surface area (Å²) in [6, 6.07) is 0. The Labute approximate surface area is 45.5 Å². The first kappa shape index (κ1) is 4.52. The monoisotopic (exact) mass is 116 g/mol. The molecule has 0 fully saturated rings. The van der Waals surface area contributed by atoms with Crippen LogP contribution in [0.1, 0.15) is 0 Å². The number of nitrogens with one attached hydrogen (secondary N) is 1. The molecule has 0 bridgehead atoms. The molecule has 0 saturated heterocycles. The van der Waals surface area contributed by atoms with Gasteiger partial charge in [-0.2, -0.15) is 0 Å². The summed E-state index contributed by atoms with van der Waals surface area (Å²) in [5.74, 6) is 0. The Balaban J connectivity index is 3.39. The van der Waals surface area contributed by atoms with Gasteiger partial charge < -0.3 is 4.98 Å². The second-order valence-electron chi connectivity index (χ2n) is 1.11. The van der Waals surface area contributed by atoms with E-state index < -0.39 is 0 Å². The second kappa shape index (κ2) is 1.46. The number of thiol groups is 1. The molecule has 0 amide bonds. The lowest BCUT2D eigenvalue weighted by Gasteiger charge is -1.74. The number of rotatable bonds is 0. The first-order valence-electron chi connectivity index (χ1n) is 1.76. The number of imidazole rings is 1. The predicted octanol–water partition coefficient (Wildman–Crippen LogP) is -0.131. The molecule has 0 aliphatic heterocycles. The van der Waals surface area contributed by atoms with E-state index in [-0.39, 0.29) is 5.69 Å². The normalized spacial score (nSPS) is 9.29. The van der Waals surface area contributed by atoms with E-state index in [4.69, 9.17) is 0 Å². The van der Waals surface area contributed by atoms with E-state index in [1.54, 1.807) is 0 Å². The van der Waals surface area contributed by atoms with Gasteiger partial charge in [0.15, 0.2) is 0 Å². The Morgan fingerprint density at radius 3 is 2.71 bits per heavy atom. The van der Waals surface area contributed by atoms with E-state index in [1.165, 1.54) is 16.4 Å². The maximum absolute atomic E-state index is 10.2. The predicted molar refractivity (Wildman–Crippen MR) is 29.4 cm³/mol. The largest absolute Gasteiger partial charge is 0.335 e. The molecular formula is C3H4N2OS.